The molecule has 4 nitrogen and oxygen atoms in total. The van der Waals surface area contributed by atoms with Gasteiger partial charge < -0.3 is 9.88 Å². The van der Waals surface area contributed by atoms with Crippen molar-refractivity contribution in [1.82, 2.24) is 4.57 Å². The van der Waals surface area contributed by atoms with Gasteiger partial charge in [-0.15, -0.1) is 0 Å². The fraction of sp³-hybridized carbons (Fsp3) is 0.238. The summed E-state index contributed by atoms with van der Waals surface area (Å²) in [5.41, 5.74) is 5.15. The van der Waals surface area contributed by atoms with Gasteiger partial charge in [0, 0.05) is 34.9 Å². The maximum atomic E-state index is 12.6. The average molecular weight is 334 g/mol. The van der Waals surface area contributed by atoms with Gasteiger partial charge >= 0.3 is 0 Å². The predicted molar refractivity (Wildman–Crippen MR) is 102 cm³/mol. The van der Waals surface area contributed by atoms with E-state index in [1.165, 1.54) is 0 Å². The molecule has 0 fully saturated rings. The van der Waals surface area contributed by atoms with Gasteiger partial charge in [-0.05, 0) is 69.2 Å². The molecule has 3 aromatic rings. The van der Waals surface area contributed by atoms with Crippen LogP contribution in [0.25, 0.3) is 10.9 Å². The lowest BCUT2D eigenvalue weighted by Gasteiger charge is -2.13. The zero-order valence-electron chi connectivity index (χ0n) is 15.0. The van der Waals surface area contributed by atoms with E-state index in [0.29, 0.717) is 10.9 Å². The molecule has 3 rings (SSSR count). The number of nitrogens with one attached hydrogen (secondary N) is 1. The van der Waals surface area contributed by atoms with Crippen LogP contribution in [0, 0.1) is 20.8 Å². The standard InChI is InChI=1S/C21H22N2O2/c1-5-23-15(4)11-20(24)18-12-16(6-7-19(18)23)21(25)22-17-9-13(2)8-14(3)10-17/h6-12H,5H2,1-4H3,(H,22,25). The van der Waals surface area contributed by atoms with Crippen LogP contribution in [0.4, 0.5) is 5.69 Å². The lowest BCUT2D eigenvalue weighted by molar-refractivity contribution is 0.102. The first-order chi connectivity index (χ1) is 11.9. The average Bonchev–Trinajstić information content (AvgIpc) is 2.54. The highest BCUT2D eigenvalue weighted by Crippen LogP contribution is 2.18. The van der Waals surface area contributed by atoms with E-state index in [1.807, 2.05) is 45.9 Å². The highest BCUT2D eigenvalue weighted by molar-refractivity contribution is 6.06. The number of fused-ring (bicyclic) bond motifs is 1. The van der Waals surface area contributed by atoms with Crippen molar-refractivity contribution in [2.45, 2.75) is 34.2 Å². The first-order valence-corrected chi connectivity index (χ1v) is 8.43. The molecule has 128 valence electrons. The van der Waals surface area contributed by atoms with Crippen LogP contribution in [0.2, 0.25) is 0 Å². The molecule has 0 radical (unpaired) electrons. The minimum absolute atomic E-state index is 0.0572. The zero-order valence-corrected chi connectivity index (χ0v) is 15.0. The second kappa shape index (κ2) is 6.55. The summed E-state index contributed by atoms with van der Waals surface area (Å²) in [6, 6.07) is 12.8. The maximum absolute atomic E-state index is 12.6. The first-order valence-electron chi connectivity index (χ1n) is 8.43. The maximum Gasteiger partial charge on any atom is 0.255 e. The van der Waals surface area contributed by atoms with Crippen molar-refractivity contribution in [3.8, 4) is 0 Å². The first kappa shape index (κ1) is 17.0. The summed E-state index contributed by atoms with van der Waals surface area (Å²) in [4.78, 5) is 24.9. The summed E-state index contributed by atoms with van der Waals surface area (Å²) in [6.07, 6.45) is 0. The molecule has 0 unspecified atom stereocenters. The van der Waals surface area contributed by atoms with Crippen LogP contribution in [0.5, 0.6) is 0 Å². The number of hydrogen-bond donors (Lipinski definition) is 1. The van der Waals surface area contributed by atoms with Crippen LogP contribution in [0.15, 0.2) is 47.3 Å². The van der Waals surface area contributed by atoms with E-state index in [2.05, 4.69) is 16.0 Å². The Labute approximate surface area is 147 Å². The Morgan fingerprint density at radius 3 is 2.32 bits per heavy atom. The number of rotatable bonds is 3. The summed E-state index contributed by atoms with van der Waals surface area (Å²) in [5, 5.41) is 3.49. The number of aryl methyl sites for hydroxylation is 4. The lowest BCUT2D eigenvalue weighted by Crippen LogP contribution is -2.15. The zero-order chi connectivity index (χ0) is 18.1. The molecule has 0 aliphatic carbocycles. The van der Waals surface area contributed by atoms with E-state index in [9.17, 15) is 9.59 Å². The summed E-state index contributed by atoms with van der Waals surface area (Å²) in [7, 11) is 0. The van der Waals surface area contributed by atoms with E-state index >= 15 is 0 Å². The Hall–Kier alpha value is -2.88. The fourth-order valence-corrected chi connectivity index (χ4v) is 3.32. The van der Waals surface area contributed by atoms with E-state index in [0.717, 1.165) is 34.6 Å². The molecule has 0 spiro atoms. The van der Waals surface area contributed by atoms with Crippen LogP contribution in [0.1, 0.15) is 34.1 Å². The van der Waals surface area contributed by atoms with Gasteiger partial charge in [-0.25, -0.2) is 0 Å². The number of anilines is 1. The van der Waals surface area contributed by atoms with E-state index < -0.39 is 0 Å². The van der Waals surface area contributed by atoms with Crippen molar-refractivity contribution in [2.24, 2.45) is 0 Å². The molecule has 1 amide bonds. The van der Waals surface area contributed by atoms with Gasteiger partial charge in [-0.1, -0.05) is 6.07 Å². The van der Waals surface area contributed by atoms with Crippen molar-refractivity contribution in [1.29, 1.82) is 0 Å². The molecule has 1 heterocycles. The van der Waals surface area contributed by atoms with E-state index in [1.54, 1.807) is 18.2 Å². The van der Waals surface area contributed by atoms with Gasteiger partial charge in [0.25, 0.3) is 5.91 Å². The molecule has 2 aromatic carbocycles. The van der Waals surface area contributed by atoms with Crippen LogP contribution in [-0.4, -0.2) is 10.5 Å². The Balaban J connectivity index is 2.01. The molecule has 1 aromatic heterocycles. The van der Waals surface area contributed by atoms with Crippen molar-refractivity contribution in [3.05, 3.63) is 75.1 Å². The van der Waals surface area contributed by atoms with E-state index in [4.69, 9.17) is 0 Å². The van der Waals surface area contributed by atoms with Gasteiger partial charge in [0.2, 0.25) is 0 Å². The van der Waals surface area contributed by atoms with Crippen LogP contribution in [0.3, 0.4) is 0 Å². The van der Waals surface area contributed by atoms with Crippen molar-refractivity contribution in [2.75, 3.05) is 5.32 Å². The predicted octanol–water partition coefficient (Wildman–Crippen LogP) is 4.20. The SMILES string of the molecule is CCn1c(C)cc(=O)c2cc(C(=O)Nc3cc(C)cc(C)c3)ccc21. The third-order valence-electron chi connectivity index (χ3n) is 4.38. The third kappa shape index (κ3) is 3.33. The number of hydrogen-bond acceptors (Lipinski definition) is 2. The minimum atomic E-state index is -0.213. The van der Waals surface area contributed by atoms with Crippen LogP contribution < -0.4 is 10.7 Å². The second-order valence-electron chi connectivity index (χ2n) is 6.46. The van der Waals surface area contributed by atoms with Gasteiger partial charge in [-0.3, -0.25) is 9.59 Å². The second-order valence-corrected chi connectivity index (χ2v) is 6.46. The molecular formula is C21H22N2O2. The number of nitrogens with zero attached hydrogens (tertiary/aromatic N) is 1. The quantitative estimate of drug-likeness (QED) is 0.780. The summed E-state index contributed by atoms with van der Waals surface area (Å²) in [5.74, 6) is -0.213. The lowest BCUT2D eigenvalue weighted by atomic mass is 10.1. The molecule has 1 N–H and O–H groups in total. The molecule has 25 heavy (non-hydrogen) atoms. The number of pyridine rings is 1. The summed E-state index contributed by atoms with van der Waals surface area (Å²) < 4.78 is 2.07. The molecule has 4 heteroatoms. The van der Waals surface area contributed by atoms with Crippen molar-refractivity contribution >= 4 is 22.5 Å². The van der Waals surface area contributed by atoms with Crippen molar-refractivity contribution in [3.63, 3.8) is 0 Å². The van der Waals surface area contributed by atoms with Gasteiger partial charge in [-0.2, -0.15) is 0 Å². The highest BCUT2D eigenvalue weighted by Gasteiger charge is 2.11. The smallest absolute Gasteiger partial charge is 0.255 e. The minimum Gasteiger partial charge on any atom is -0.345 e. The monoisotopic (exact) mass is 334 g/mol. The van der Waals surface area contributed by atoms with Crippen LogP contribution >= 0.6 is 0 Å². The fourth-order valence-electron chi connectivity index (χ4n) is 3.32. The van der Waals surface area contributed by atoms with Crippen LogP contribution in [-0.2, 0) is 6.54 Å². The Bertz CT molecular complexity index is 1010. The number of carbonyl (C=O) groups excluding carboxylic acids is 1. The Morgan fingerprint density at radius 1 is 1.00 bits per heavy atom. The largest absolute Gasteiger partial charge is 0.345 e. The molecule has 0 aliphatic rings. The molecule has 0 saturated heterocycles. The Kier molecular flexibility index (Phi) is 4.45. The number of carbonyl (C=O) groups is 1. The topological polar surface area (TPSA) is 51.1 Å². The van der Waals surface area contributed by atoms with Gasteiger partial charge in [0.15, 0.2) is 5.43 Å². The van der Waals surface area contributed by atoms with Crippen molar-refractivity contribution < 1.29 is 4.79 Å². The van der Waals surface area contributed by atoms with E-state index in [-0.39, 0.29) is 11.3 Å². The number of amides is 1. The van der Waals surface area contributed by atoms with Gasteiger partial charge in [0.05, 0.1) is 5.52 Å². The summed E-state index contributed by atoms with van der Waals surface area (Å²) in [6.45, 7) is 8.72. The number of aromatic nitrogens is 1. The van der Waals surface area contributed by atoms with Gasteiger partial charge in [0.1, 0.15) is 0 Å². The molecule has 0 atom stereocenters. The summed E-state index contributed by atoms with van der Waals surface area (Å²) >= 11 is 0. The molecule has 0 aliphatic heterocycles. The molecule has 0 saturated carbocycles. The normalized spacial score (nSPS) is 10.9. The number of benzene rings is 2. The Morgan fingerprint density at radius 2 is 1.68 bits per heavy atom. The third-order valence-corrected chi connectivity index (χ3v) is 4.38. The highest BCUT2D eigenvalue weighted by atomic mass is 16.1. The molecule has 0 bridgehead atoms. The molecular weight excluding hydrogens is 312 g/mol.